The predicted molar refractivity (Wildman–Crippen MR) is 159 cm³/mol. The van der Waals surface area contributed by atoms with E-state index in [9.17, 15) is 9.59 Å². The molecule has 18 heteroatoms. The van der Waals surface area contributed by atoms with Crippen molar-refractivity contribution < 1.29 is 42.7 Å². The van der Waals surface area contributed by atoms with Gasteiger partial charge in [0.1, 0.15) is 18.8 Å². The van der Waals surface area contributed by atoms with Crippen LogP contribution in [0.25, 0.3) is 31.3 Å². The van der Waals surface area contributed by atoms with Crippen molar-refractivity contribution in [1.29, 1.82) is 0 Å². The second kappa shape index (κ2) is 27.4. The Morgan fingerprint density at radius 3 is 1.41 bits per heavy atom. The molecule has 0 N–H and O–H groups in total. The van der Waals surface area contributed by atoms with Gasteiger partial charge in [0.15, 0.2) is 5.78 Å². The van der Waals surface area contributed by atoms with Gasteiger partial charge in [-0.3, -0.25) is 4.79 Å². The summed E-state index contributed by atoms with van der Waals surface area (Å²) in [5.41, 5.74) is 23.9. The first-order valence-corrected chi connectivity index (χ1v) is 14.4. The van der Waals surface area contributed by atoms with Gasteiger partial charge in [0.05, 0.1) is 46.2 Å². The number of hydrogen-bond acceptors (Lipinski definition) is 12. The molecule has 0 aromatic heterocycles. The van der Waals surface area contributed by atoms with Gasteiger partial charge >= 0.3 is 5.97 Å². The Morgan fingerprint density at radius 2 is 1.00 bits per heavy atom. The van der Waals surface area contributed by atoms with Crippen molar-refractivity contribution in [2.24, 2.45) is 20.8 Å². The van der Waals surface area contributed by atoms with Crippen LogP contribution in [0.5, 0.6) is 0 Å². The van der Waals surface area contributed by atoms with E-state index in [0.29, 0.717) is 39.1 Å². The molecule has 0 saturated carbocycles. The maximum atomic E-state index is 13.0. The molecule has 0 aliphatic rings. The molecule has 0 aromatic carbocycles. The van der Waals surface area contributed by atoms with Crippen molar-refractivity contribution >= 4 is 11.8 Å². The Hall–Kier alpha value is -3.17. The van der Waals surface area contributed by atoms with E-state index in [1.807, 2.05) is 0 Å². The first kappa shape index (κ1) is 40.8. The Labute approximate surface area is 257 Å². The van der Waals surface area contributed by atoms with E-state index in [0.717, 1.165) is 0 Å². The number of esters is 1. The van der Waals surface area contributed by atoms with Crippen LogP contribution in [0.2, 0.25) is 0 Å². The topological polar surface area (TPSA) is 245 Å². The molecule has 250 valence electrons. The summed E-state index contributed by atoms with van der Waals surface area (Å²) in [6, 6.07) is 0. The number of carbonyl (C=O) groups excluding carboxylic acids is 2. The van der Waals surface area contributed by atoms with Crippen LogP contribution in [-0.2, 0) is 42.7 Å². The van der Waals surface area contributed by atoms with Gasteiger partial charge in [-0.2, -0.15) is 0 Å². The van der Waals surface area contributed by atoms with Crippen LogP contribution in [0.15, 0.2) is 15.3 Å². The molecule has 18 nitrogen and oxygen atoms in total. The van der Waals surface area contributed by atoms with E-state index in [1.54, 1.807) is 20.8 Å². The van der Waals surface area contributed by atoms with Gasteiger partial charge in [0, 0.05) is 66.0 Å². The highest BCUT2D eigenvalue weighted by atomic mass is 16.6. The molecule has 0 saturated heterocycles. The molecule has 0 aromatic rings. The van der Waals surface area contributed by atoms with Crippen molar-refractivity contribution in [2.45, 2.75) is 52.1 Å². The fourth-order valence-corrected chi connectivity index (χ4v) is 3.51. The normalized spacial score (nSPS) is 12.3. The Balaban J connectivity index is 4.85. The summed E-state index contributed by atoms with van der Waals surface area (Å²) < 4.78 is 38.8. The van der Waals surface area contributed by atoms with E-state index in [1.165, 1.54) is 0 Å². The molecule has 0 atom stereocenters. The van der Waals surface area contributed by atoms with Gasteiger partial charge in [0.2, 0.25) is 0 Å². The van der Waals surface area contributed by atoms with E-state index in [4.69, 9.17) is 49.8 Å². The number of azide groups is 3. The highest BCUT2D eigenvalue weighted by Gasteiger charge is 2.34. The first-order valence-electron chi connectivity index (χ1n) is 14.4. The Kier molecular flexibility index (Phi) is 25.4. The van der Waals surface area contributed by atoms with Crippen LogP contribution < -0.4 is 0 Å². The second-order valence-corrected chi connectivity index (χ2v) is 10.6. The fourth-order valence-electron chi connectivity index (χ4n) is 3.51. The van der Waals surface area contributed by atoms with Gasteiger partial charge < -0.3 is 33.2 Å². The lowest BCUT2D eigenvalue weighted by atomic mass is 9.85. The molecule has 0 radical (unpaired) electrons. The highest BCUT2D eigenvalue weighted by Crippen LogP contribution is 2.26. The lowest BCUT2D eigenvalue weighted by Crippen LogP contribution is -2.40. The molecule has 0 aliphatic carbocycles. The molecule has 0 fully saturated rings. The van der Waals surface area contributed by atoms with Crippen LogP contribution in [-0.4, -0.2) is 116 Å². The minimum atomic E-state index is -0.849. The van der Waals surface area contributed by atoms with Gasteiger partial charge in [-0.25, -0.2) is 4.79 Å². The van der Waals surface area contributed by atoms with Gasteiger partial charge in [-0.1, -0.05) is 15.3 Å². The average Bonchev–Trinajstić information content (AvgIpc) is 2.96. The summed E-state index contributed by atoms with van der Waals surface area (Å²) in [7, 11) is 0. The lowest BCUT2D eigenvalue weighted by molar-refractivity contribution is -0.160. The van der Waals surface area contributed by atoms with E-state index in [-0.39, 0.29) is 91.3 Å². The number of Topliss-reactive ketones (excluding diaryl/α,β-unsaturated/α-hetero) is 1. The van der Waals surface area contributed by atoms with Crippen molar-refractivity contribution in [3.05, 3.63) is 31.3 Å². The molecule has 0 rings (SSSR count). The number of ketones is 1. The first-order chi connectivity index (χ1) is 21.2. The summed E-state index contributed by atoms with van der Waals surface area (Å²) in [5, 5.41) is 10.5. The molecule has 0 unspecified atom stereocenters. The van der Waals surface area contributed by atoms with Crippen LogP contribution in [0.3, 0.4) is 0 Å². The van der Waals surface area contributed by atoms with E-state index >= 15 is 0 Å². The summed E-state index contributed by atoms with van der Waals surface area (Å²) in [6.45, 7) is 7.99. The number of hydrogen-bond donors (Lipinski definition) is 0. The number of carbonyl (C=O) groups is 2. The number of nitrogens with zero attached hydrogens (tertiary/aromatic N) is 9. The van der Waals surface area contributed by atoms with Crippen LogP contribution >= 0.6 is 0 Å². The van der Waals surface area contributed by atoms with Gasteiger partial charge in [0.25, 0.3) is 0 Å². The summed E-state index contributed by atoms with van der Waals surface area (Å²) >= 11 is 0. The SMILES string of the molecule is CC(C)(C)OC(=O)COCCOCCOCC(=O)CC(COCCCN=[N+]=[N-])(COCCCN=[N+]=[N-])COCCCN=[N+]=[N-]. The maximum Gasteiger partial charge on any atom is 0.332 e. The van der Waals surface area contributed by atoms with Crippen molar-refractivity contribution in [1.82, 2.24) is 0 Å². The lowest BCUT2D eigenvalue weighted by Gasteiger charge is -2.33. The largest absolute Gasteiger partial charge is 0.458 e. The summed E-state index contributed by atoms with van der Waals surface area (Å²) in [4.78, 5) is 32.7. The molecule has 0 amide bonds. The summed E-state index contributed by atoms with van der Waals surface area (Å²) in [6.07, 6.45) is 1.55. The molecular weight excluding hydrogens is 582 g/mol. The highest BCUT2D eigenvalue weighted by molar-refractivity contribution is 5.80. The molecule has 0 bridgehead atoms. The Morgan fingerprint density at radius 1 is 0.591 bits per heavy atom. The minimum absolute atomic E-state index is 0.0371. The van der Waals surface area contributed by atoms with Gasteiger partial charge in [-0.15, -0.1) is 0 Å². The molecule has 44 heavy (non-hydrogen) atoms. The van der Waals surface area contributed by atoms with Crippen LogP contribution in [0, 0.1) is 5.41 Å². The smallest absolute Gasteiger partial charge is 0.332 e. The van der Waals surface area contributed by atoms with E-state index < -0.39 is 17.0 Å². The van der Waals surface area contributed by atoms with Crippen molar-refractivity contribution in [2.75, 3.05) is 98.9 Å². The molecule has 0 heterocycles. The minimum Gasteiger partial charge on any atom is -0.458 e. The third kappa shape index (κ3) is 26.5. The zero-order valence-electron chi connectivity index (χ0n) is 26.1. The van der Waals surface area contributed by atoms with Crippen LogP contribution in [0.1, 0.15) is 46.5 Å². The standard InChI is InChI=1S/C26H47N9O9/c1-25(2,3)44-24(37)19-40-16-14-38-13-15-39-18-23(36)17-26(20-41-10-4-7-30-33-27,21-42-11-5-8-31-34-28)22-43-12-6-9-32-35-29/h4-22H2,1-3H3. The third-order valence-corrected chi connectivity index (χ3v) is 5.27. The monoisotopic (exact) mass is 629 g/mol. The second-order valence-electron chi connectivity index (χ2n) is 10.6. The number of ether oxygens (including phenoxy) is 7. The Bertz CT molecular complexity index is 861. The van der Waals surface area contributed by atoms with Crippen molar-refractivity contribution in [3.63, 3.8) is 0 Å². The zero-order chi connectivity index (χ0) is 32.8. The van der Waals surface area contributed by atoms with Crippen molar-refractivity contribution in [3.8, 4) is 0 Å². The predicted octanol–water partition coefficient (Wildman–Crippen LogP) is 4.47. The van der Waals surface area contributed by atoms with Gasteiger partial charge in [-0.05, 0) is 56.6 Å². The maximum absolute atomic E-state index is 13.0. The number of rotatable bonds is 30. The molecular formula is C26H47N9O9. The zero-order valence-corrected chi connectivity index (χ0v) is 26.1. The quantitative estimate of drug-likeness (QED) is 0.0357. The van der Waals surface area contributed by atoms with E-state index in [2.05, 4.69) is 30.1 Å². The van der Waals surface area contributed by atoms with Crippen LogP contribution in [0.4, 0.5) is 0 Å². The third-order valence-electron chi connectivity index (χ3n) is 5.27. The average molecular weight is 630 g/mol. The summed E-state index contributed by atoms with van der Waals surface area (Å²) in [5.74, 6) is -0.648. The molecule has 0 aliphatic heterocycles. The fraction of sp³-hybridized carbons (Fsp3) is 0.923. The molecule has 0 spiro atoms.